The van der Waals surface area contributed by atoms with Gasteiger partial charge in [0.1, 0.15) is 12.6 Å². The highest BCUT2D eigenvalue weighted by atomic mass is 32.2. The molecule has 0 radical (unpaired) electrons. The molecule has 0 unspecified atom stereocenters. The summed E-state index contributed by atoms with van der Waals surface area (Å²) in [6, 6.07) is 12.0. The lowest BCUT2D eigenvalue weighted by atomic mass is 10.1. The van der Waals surface area contributed by atoms with Crippen LogP contribution in [0.3, 0.4) is 0 Å². The summed E-state index contributed by atoms with van der Waals surface area (Å²) in [5.41, 5.74) is 0.974. The number of nitro groups is 1. The van der Waals surface area contributed by atoms with E-state index in [0.29, 0.717) is 18.4 Å². The van der Waals surface area contributed by atoms with Crippen LogP contribution in [0.4, 0.5) is 11.4 Å². The highest BCUT2D eigenvalue weighted by Gasteiger charge is 2.32. The van der Waals surface area contributed by atoms with E-state index in [0.717, 1.165) is 22.2 Å². The van der Waals surface area contributed by atoms with Crippen molar-refractivity contribution in [2.45, 2.75) is 59.2 Å². The normalized spacial score (nSPS) is 12.9. The summed E-state index contributed by atoms with van der Waals surface area (Å²) in [5, 5.41) is 14.2. The van der Waals surface area contributed by atoms with E-state index < -0.39 is 33.4 Å². The monoisotopic (exact) mass is 518 g/mol. The Kier molecular flexibility index (Phi) is 9.97. The smallest absolute Gasteiger partial charge is 0.271 e. The molecule has 11 heteroatoms. The second-order valence-electron chi connectivity index (χ2n) is 8.75. The van der Waals surface area contributed by atoms with Crippen LogP contribution in [-0.2, 0) is 26.2 Å². The van der Waals surface area contributed by atoms with Gasteiger partial charge in [0.15, 0.2) is 0 Å². The molecule has 2 rings (SSSR count). The minimum absolute atomic E-state index is 0.0387. The second-order valence-corrected chi connectivity index (χ2v) is 10.7. The van der Waals surface area contributed by atoms with Gasteiger partial charge in [-0.3, -0.25) is 24.0 Å². The third-order valence-corrected chi connectivity index (χ3v) is 7.06. The molecule has 0 bridgehead atoms. The third-order valence-electron chi connectivity index (χ3n) is 5.93. The van der Waals surface area contributed by atoms with Crippen molar-refractivity contribution in [3.05, 3.63) is 69.8 Å². The standard InChI is InChI=1S/C25H34N4O6S/c1-6-19(4)26-25(31)22(7-2)27(16-20-11-9-8-10-12-20)24(30)17-28(36(5,34)35)23-15-21(29(32)33)14-13-18(23)3/h8-15,19,22H,6-7,16-17H2,1-5H3,(H,26,31)/t19-,22-/m1/s1. The Labute approximate surface area is 212 Å². The van der Waals surface area contributed by atoms with Crippen molar-refractivity contribution in [1.29, 1.82) is 0 Å². The number of carbonyl (C=O) groups excluding carboxylic acids is 2. The van der Waals surface area contributed by atoms with Crippen LogP contribution in [0.5, 0.6) is 0 Å². The highest BCUT2D eigenvalue weighted by molar-refractivity contribution is 7.92. The molecule has 0 fully saturated rings. The molecule has 1 N–H and O–H groups in total. The molecular formula is C25H34N4O6S. The summed E-state index contributed by atoms with van der Waals surface area (Å²) < 4.78 is 26.3. The molecule has 2 aromatic carbocycles. The summed E-state index contributed by atoms with van der Waals surface area (Å²) in [4.78, 5) is 38.8. The van der Waals surface area contributed by atoms with Crippen LogP contribution < -0.4 is 9.62 Å². The number of nitrogens with zero attached hydrogens (tertiary/aromatic N) is 3. The van der Waals surface area contributed by atoms with E-state index in [1.54, 1.807) is 13.8 Å². The van der Waals surface area contributed by atoms with Gasteiger partial charge >= 0.3 is 0 Å². The molecule has 0 aliphatic rings. The van der Waals surface area contributed by atoms with Gasteiger partial charge in [-0.1, -0.05) is 50.2 Å². The lowest BCUT2D eigenvalue weighted by molar-refractivity contribution is -0.384. The molecule has 0 spiro atoms. The van der Waals surface area contributed by atoms with Crippen LogP contribution in [-0.4, -0.2) is 54.9 Å². The van der Waals surface area contributed by atoms with Gasteiger partial charge in [0.05, 0.1) is 16.9 Å². The predicted octanol–water partition coefficient (Wildman–Crippen LogP) is 3.39. The molecule has 2 aromatic rings. The summed E-state index contributed by atoms with van der Waals surface area (Å²) in [7, 11) is -4.00. The summed E-state index contributed by atoms with van der Waals surface area (Å²) in [5.74, 6) is -0.921. The average Bonchev–Trinajstić information content (AvgIpc) is 2.82. The van der Waals surface area contributed by atoms with Crippen LogP contribution in [0, 0.1) is 17.0 Å². The van der Waals surface area contributed by atoms with Crippen molar-refractivity contribution in [2.75, 3.05) is 17.1 Å². The number of non-ortho nitro benzene ring substituents is 1. The molecule has 0 heterocycles. The fourth-order valence-electron chi connectivity index (χ4n) is 3.72. The van der Waals surface area contributed by atoms with E-state index in [4.69, 9.17) is 0 Å². The van der Waals surface area contributed by atoms with Crippen molar-refractivity contribution >= 4 is 33.2 Å². The zero-order valence-corrected chi connectivity index (χ0v) is 22.1. The zero-order valence-electron chi connectivity index (χ0n) is 21.3. The average molecular weight is 519 g/mol. The Hall–Kier alpha value is -3.47. The van der Waals surface area contributed by atoms with Crippen molar-refractivity contribution in [3.8, 4) is 0 Å². The quantitative estimate of drug-likeness (QED) is 0.339. The summed E-state index contributed by atoms with van der Waals surface area (Å²) in [6.45, 7) is 6.68. The van der Waals surface area contributed by atoms with Gasteiger partial charge in [0, 0.05) is 24.7 Å². The van der Waals surface area contributed by atoms with E-state index in [-0.39, 0.29) is 29.9 Å². The number of hydrogen-bond acceptors (Lipinski definition) is 6. The van der Waals surface area contributed by atoms with Crippen molar-refractivity contribution < 1.29 is 22.9 Å². The largest absolute Gasteiger partial charge is 0.352 e. The number of benzene rings is 2. The number of hydrogen-bond donors (Lipinski definition) is 1. The Morgan fingerprint density at radius 2 is 1.72 bits per heavy atom. The zero-order chi connectivity index (χ0) is 27.0. The number of anilines is 1. The molecule has 0 aliphatic carbocycles. The predicted molar refractivity (Wildman–Crippen MR) is 139 cm³/mol. The second kappa shape index (κ2) is 12.5. The van der Waals surface area contributed by atoms with E-state index >= 15 is 0 Å². The van der Waals surface area contributed by atoms with Gasteiger partial charge in [-0.15, -0.1) is 0 Å². The molecule has 10 nitrogen and oxygen atoms in total. The van der Waals surface area contributed by atoms with Crippen LogP contribution in [0.2, 0.25) is 0 Å². The highest BCUT2D eigenvalue weighted by Crippen LogP contribution is 2.28. The minimum atomic E-state index is -4.00. The SMILES string of the molecule is CC[C@@H](C)NC(=O)[C@@H](CC)N(Cc1ccccc1)C(=O)CN(c1cc([N+](=O)[O-])ccc1C)S(C)(=O)=O. The first-order chi connectivity index (χ1) is 16.9. The Balaban J connectivity index is 2.50. The van der Waals surface area contributed by atoms with Crippen LogP contribution >= 0.6 is 0 Å². The van der Waals surface area contributed by atoms with Crippen LogP contribution in [0.25, 0.3) is 0 Å². The first-order valence-electron chi connectivity index (χ1n) is 11.8. The molecular weight excluding hydrogens is 484 g/mol. The lowest BCUT2D eigenvalue weighted by Crippen LogP contribution is -2.53. The van der Waals surface area contributed by atoms with Gasteiger partial charge in [-0.2, -0.15) is 0 Å². The van der Waals surface area contributed by atoms with E-state index in [1.807, 2.05) is 44.2 Å². The molecule has 2 amide bonds. The van der Waals surface area contributed by atoms with Gasteiger partial charge < -0.3 is 10.2 Å². The molecule has 0 saturated carbocycles. The van der Waals surface area contributed by atoms with Gasteiger partial charge in [0.25, 0.3) is 5.69 Å². The summed E-state index contributed by atoms with van der Waals surface area (Å²) >= 11 is 0. The summed E-state index contributed by atoms with van der Waals surface area (Å²) in [6.07, 6.45) is 1.96. The molecule has 0 saturated heterocycles. The number of carbonyl (C=O) groups is 2. The molecule has 0 aromatic heterocycles. The van der Waals surface area contributed by atoms with Gasteiger partial charge in [-0.25, -0.2) is 8.42 Å². The maximum absolute atomic E-state index is 13.7. The van der Waals surface area contributed by atoms with Crippen molar-refractivity contribution in [3.63, 3.8) is 0 Å². The maximum atomic E-state index is 13.7. The Bertz CT molecular complexity index is 1190. The minimum Gasteiger partial charge on any atom is -0.352 e. The molecule has 36 heavy (non-hydrogen) atoms. The van der Waals surface area contributed by atoms with Crippen LogP contribution in [0.15, 0.2) is 48.5 Å². The van der Waals surface area contributed by atoms with Crippen LogP contribution in [0.1, 0.15) is 44.7 Å². The first-order valence-corrected chi connectivity index (χ1v) is 13.6. The Morgan fingerprint density at radius 1 is 1.08 bits per heavy atom. The number of amides is 2. The number of nitro benzene ring substituents is 1. The first kappa shape index (κ1) is 28.8. The molecule has 196 valence electrons. The van der Waals surface area contributed by atoms with E-state index in [1.165, 1.54) is 17.0 Å². The van der Waals surface area contributed by atoms with Crippen molar-refractivity contribution in [1.82, 2.24) is 10.2 Å². The Morgan fingerprint density at radius 3 is 2.25 bits per heavy atom. The number of nitrogens with one attached hydrogen (secondary N) is 1. The topological polar surface area (TPSA) is 130 Å². The van der Waals surface area contributed by atoms with Gasteiger partial charge in [0.2, 0.25) is 21.8 Å². The van der Waals surface area contributed by atoms with Gasteiger partial charge in [-0.05, 0) is 37.8 Å². The number of rotatable bonds is 12. The fourth-order valence-corrected chi connectivity index (χ4v) is 4.61. The van der Waals surface area contributed by atoms with Crippen molar-refractivity contribution in [2.24, 2.45) is 0 Å². The number of sulfonamides is 1. The van der Waals surface area contributed by atoms with E-state index in [2.05, 4.69) is 5.32 Å². The molecule has 2 atom stereocenters. The number of aryl methyl sites for hydroxylation is 1. The maximum Gasteiger partial charge on any atom is 0.271 e. The third kappa shape index (κ3) is 7.51. The fraction of sp³-hybridized carbons (Fsp3) is 0.440. The van der Waals surface area contributed by atoms with E-state index in [9.17, 15) is 28.1 Å². The molecule has 0 aliphatic heterocycles. The lowest BCUT2D eigenvalue weighted by Gasteiger charge is -2.33.